The molecule has 0 aliphatic carbocycles. The number of carbonyl (C=O) groups is 2. The lowest BCUT2D eigenvalue weighted by molar-refractivity contribution is -0.116. The van der Waals surface area contributed by atoms with Crippen LogP contribution in [0.5, 0.6) is 0 Å². The van der Waals surface area contributed by atoms with Crippen molar-refractivity contribution in [3.8, 4) is 0 Å². The summed E-state index contributed by atoms with van der Waals surface area (Å²) < 4.78 is 13.1. The Morgan fingerprint density at radius 3 is 2.36 bits per heavy atom. The van der Waals surface area contributed by atoms with Crippen LogP contribution < -0.4 is 16.0 Å². The minimum Gasteiger partial charge on any atom is -0.334 e. The number of hydrogen-bond donors (Lipinski definition) is 3. The van der Waals surface area contributed by atoms with Crippen LogP contribution in [0.15, 0.2) is 61.2 Å². The third-order valence-corrected chi connectivity index (χ3v) is 3.36. The highest BCUT2D eigenvalue weighted by Crippen LogP contribution is 2.14. The van der Waals surface area contributed by atoms with Gasteiger partial charge in [0.2, 0.25) is 5.91 Å². The predicted molar refractivity (Wildman–Crippen MR) is 97.0 cm³/mol. The first kappa shape index (κ1) is 18.2. The maximum atomic E-state index is 13.1. The van der Waals surface area contributed by atoms with E-state index in [1.807, 2.05) is 0 Å². The molecule has 0 radical (unpaired) electrons. The van der Waals surface area contributed by atoms with Gasteiger partial charge in [0.05, 0.1) is 0 Å². The molecule has 5 nitrogen and oxygen atoms in total. The van der Waals surface area contributed by atoms with Gasteiger partial charge in [-0.25, -0.2) is 9.18 Å². The standard InChI is InChI=1S/C19H20FN3O2/c1-2-12-21-19(25)23-17-9-7-16(8-10-17)22-18(24)11-6-14-4-3-5-15(20)13-14/h2-5,7-10,13H,1,6,11-12H2,(H,22,24)(H2,21,23,25). The van der Waals surface area contributed by atoms with Crippen molar-refractivity contribution in [2.45, 2.75) is 12.8 Å². The van der Waals surface area contributed by atoms with Gasteiger partial charge < -0.3 is 16.0 Å². The first-order chi connectivity index (χ1) is 12.1. The molecule has 2 aromatic rings. The van der Waals surface area contributed by atoms with Crippen LogP contribution in [0.3, 0.4) is 0 Å². The molecule has 0 saturated carbocycles. The zero-order valence-electron chi connectivity index (χ0n) is 13.7. The number of rotatable bonds is 7. The number of benzene rings is 2. The molecule has 0 spiro atoms. The van der Waals surface area contributed by atoms with E-state index >= 15 is 0 Å². The molecule has 3 amide bonds. The minimum atomic E-state index is -0.327. The highest BCUT2D eigenvalue weighted by atomic mass is 19.1. The average molecular weight is 341 g/mol. The van der Waals surface area contributed by atoms with Gasteiger partial charge in [-0.3, -0.25) is 4.79 Å². The molecule has 0 atom stereocenters. The molecular weight excluding hydrogens is 321 g/mol. The lowest BCUT2D eigenvalue weighted by Gasteiger charge is -2.08. The van der Waals surface area contributed by atoms with E-state index in [2.05, 4.69) is 22.5 Å². The van der Waals surface area contributed by atoms with E-state index in [0.717, 1.165) is 5.56 Å². The predicted octanol–water partition coefficient (Wildman–Crippen LogP) is 3.70. The average Bonchev–Trinajstić information content (AvgIpc) is 2.60. The minimum absolute atomic E-state index is 0.159. The molecule has 25 heavy (non-hydrogen) atoms. The zero-order valence-corrected chi connectivity index (χ0v) is 13.7. The normalized spacial score (nSPS) is 9.96. The first-order valence-corrected chi connectivity index (χ1v) is 7.87. The van der Waals surface area contributed by atoms with Crippen molar-refractivity contribution in [3.63, 3.8) is 0 Å². The molecule has 0 bridgehead atoms. The summed E-state index contributed by atoms with van der Waals surface area (Å²) in [5.41, 5.74) is 2.01. The van der Waals surface area contributed by atoms with Crippen LogP contribution in [-0.4, -0.2) is 18.5 Å². The van der Waals surface area contributed by atoms with Crippen molar-refractivity contribution in [2.75, 3.05) is 17.2 Å². The quantitative estimate of drug-likeness (QED) is 0.672. The van der Waals surface area contributed by atoms with Gasteiger partial charge in [0.25, 0.3) is 0 Å². The Labute approximate surface area is 145 Å². The Morgan fingerprint density at radius 1 is 1.04 bits per heavy atom. The summed E-state index contributed by atoms with van der Waals surface area (Å²) in [5.74, 6) is -0.466. The molecule has 130 valence electrons. The third-order valence-electron chi connectivity index (χ3n) is 3.36. The van der Waals surface area contributed by atoms with E-state index in [0.29, 0.717) is 24.3 Å². The lowest BCUT2D eigenvalue weighted by Crippen LogP contribution is -2.28. The van der Waals surface area contributed by atoms with Gasteiger partial charge in [0.15, 0.2) is 0 Å². The van der Waals surface area contributed by atoms with Crippen molar-refractivity contribution in [1.29, 1.82) is 0 Å². The van der Waals surface area contributed by atoms with Crippen LogP contribution in [0, 0.1) is 5.82 Å². The fourth-order valence-electron chi connectivity index (χ4n) is 2.15. The number of carbonyl (C=O) groups excluding carboxylic acids is 2. The fraction of sp³-hybridized carbons (Fsp3) is 0.158. The number of aryl methyl sites for hydroxylation is 1. The van der Waals surface area contributed by atoms with Crippen LogP contribution in [0.1, 0.15) is 12.0 Å². The van der Waals surface area contributed by atoms with Crippen molar-refractivity contribution >= 4 is 23.3 Å². The summed E-state index contributed by atoms with van der Waals surface area (Å²) in [5, 5.41) is 8.03. The Kier molecular flexibility index (Phi) is 6.71. The molecule has 0 heterocycles. The van der Waals surface area contributed by atoms with E-state index in [1.165, 1.54) is 12.1 Å². The molecule has 2 rings (SSSR count). The monoisotopic (exact) mass is 341 g/mol. The molecule has 0 unspecified atom stereocenters. The van der Waals surface area contributed by atoms with E-state index in [4.69, 9.17) is 0 Å². The second kappa shape index (κ2) is 9.22. The lowest BCUT2D eigenvalue weighted by atomic mass is 10.1. The summed E-state index contributed by atoms with van der Waals surface area (Å²) in [6.45, 7) is 3.90. The summed E-state index contributed by atoms with van der Waals surface area (Å²) in [7, 11) is 0. The summed E-state index contributed by atoms with van der Waals surface area (Å²) in [6.07, 6.45) is 2.31. The van der Waals surface area contributed by atoms with Gasteiger partial charge in [-0.05, 0) is 48.4 Å². The second-order valence-electron chi connectivity index (χ2n) is 5.38. The molecule has 0 saturated heterocycles. The van der Waals surface area contributed by atoms with E-state index in [1.54, 1.807) is 42.5 Å². The van der Waals surface area contributed by atoms with Gasteiger partial charge in [-0.15, -0.1) is 6.58 Å². The number of amides is 3. The Bertz CT molecular complexity index is 745. The van der Waals surface area contributed by atoms with Crippen molar-refractivity contribution in [3.05, 3.63) is 72.6 Å². The van der Waals surface area contributed by atoms with Crippen molar-refractivity contribution in [1.82, 2.24) is 5.32 Å². The summed E-state index contributed by atoms with van der Waals surface area (Å²) in [4.78, 5) is 23.5. The topological polar surface area (TPSA) is 70.2 Å². The number of anilines is 2. The number of nitrogens with one attached hydrogen (secondary N) is 3. The van der Waals surface area contributed by atoms with E-state index < -0.39 is 0 Å². The van der Waals surface area contributed by atoms with Crippen LogP contribution in [0.4, 0.5) is 20.6 Å². The molecule has 6 heteroatoms. The van der Waals surface area contributed by atoms with Gasteiger partial charge in [0, 0.05) is 24.3 Å². The van der Waals surface area contributed by atoms with Gasteiger partial charge in [0.1, 0.15) is 5.82 Å². The first-order valence-electron chi connectivity index (χ1n) is 7.87. The van der Waals surface area contributed by atoms with Crippen LogP contribution in [0.2, 0.25) is 0 Å². The van der Waals surface area contributed by atoms with E-state index in [9.17, 15) is 14.0 Å². The number of hydrogen-bond acceptors (Lipinski definition) is 2. The molecule has 0 aromatic heterocycles. The Balaban J connectivity index is 1.80. The van der Waals surface area contributed by atoms with Crippen LogP contribution in [-0.2, 0) is 11.2 Å². The van der Waals surface area contributed by atoms with Gasteiger partial charge in [-0.2, -0.15) is 0 Å². The third kappa shape index (κ3) is 6.47. The fourth-order valence-corrected chi connectivity index (χ4v) is 2.15. The van der Waals surface area contributed by atoms with Crippen LogP contribution in [0.25, 0.3) is 0 Å². The maximum Gasteiger partial charge on any atom is 0.319 e. The molecule has 2 aromatic carbocycles. The number of halogens is 1. The SMILES string of the molecule is C=CCNC(=O)Nc1ccc(NC(=O)CCc2cccc(F)c2)cc1. The molecular formula is C19H20FN3O2. The molecule has 0 fully saturated rings. The van der Waals surface area contributed by atoms with Crippen molar-refractivity contribution < 1.29 is 14.0 Å². The maximum absolute atomic E-state index is 13.1. The Morgan fingerprint density at radius 2 is 1.72 bits per heavy atom. The van der Waals surface area contributed by atoms with Gasteiger partial charge in [-0.1, -0.05) is 18.2 Å². The van der Waals surface area contributed by atoms with E-state index in [-0.39, 0.29) is 24.2 Å². The van der Waals surface area contributed by atoms with Gasteiger partial charge >= 0.3 is 6.03 Å². The zero-order chi connectivity index (χ0) is 18.1. The van der Waals surface area contributed by atoms with Crippen molar-refractivity contribution in [2.24, 2.45) is 0 Å². The second-order valence-corrected chi connectivity index (χ2v) is 5.38. The number of urea groups is 1. The highest BCUT2D eigenvalue weighted by Gasteiger charge is 2.05. The van der Waals surface area contributed by atoms with Crippen LogP contribution >= 0.6 is 0 Å². The molecule has 0 aliphatic rings. The molecule has 0 aliphatic heterocycles. The summed E-state index contributed by atoms with van der Waals surface area (Å²) in [6, 6.07) is 12.7. The Hall–Kier alpha value is -3.15. The highest BCUT2D eigenvalue weighted by molar-refractivity contribution is 5.92. The largest absolute Gasteiger partial charge is 0.334 e. The molecule has 3 N–H and O–H groups in total. The summed E-state index contributed by atoms with van der Waals surface area (Å²) >= 11 is 0. The smallest absolute Gasteiger partial charge is 0.319 e.